The lowest BCUT2D eigenvalue weighted by atomic mass is 10.1. The highest BCUT2D eigenvalue weighted by atomic mass is 35.5. The van der Waals surface area contributed by atoms with Gasteiger partial charge < -0.3 is 14.8 Å². The number of halogens is 2. The summed E-state index contributed by atoms with van der Waals surface area (Å²) < 4.78 is 10.2. The van der Waals surface area contributed by atoms with Crippen molar-refractivity contribution in [3.63, 3.8) is 0 Å². The third kappa shape index (κ3) is 5.68. The number of nitrogens with zero attached hydrogens (tertiary/aromatic N) is 1. The van der Waals surface area contributed by atoms with Gasteiger partial charge in [-0.2, -0.15) is 0 Å². The number of hydrazine groups is 1. The van der Waals surface area contributed by atoms with Gasteiger partial charge >= 0.3 is 5.97 Å². The summed E-state index contributed by atoms with van der Waals surface area (Å²) in [6.45, 7) is -0.621. The van der Waals surface area contributed by atoms with E-state index in [-0.39, 0.29) is 23.6 Å². The van der Waals surface area contributed by atoms with Crippen LogP contribution in [0.2, 0.25) is 10.0 Å². The normalized spacial score (nSPS) is 15.3. The van der Waals surface area contributed by atoms with Crippen LogP contribution in [0.5, 0.6) is 5.75 Å². The van der Waals surface area contributed by atoms with Crippen LogP contribution in [0.15, 0.2) is 42.5 Å². The number of esters is 1. The van der Waals surface area contributed by atoms with E-state index in [2.05, 4.69) is 10.7 Å². The molecule has 168 valence electrons. The van der Waals surface area contributed by atoms with Gasteiger partial charge in [-0.1, -0.05) is 35.3 Å². The van der Waals surface area contributed by atoms with Crippen molar-refractivity contribution in [1.82, 2.24) is 10.4 Å². The standard InChI is InChI=1S/C21H19Cl2N3O6/c1-31-17-5-3-2-4-14(17)20(29)25-26-10-12(8-19(26)28)21(30)32-11-18(27)24-13-6-7-15(22)16(23)9-13/h2-7,9,12H,8,10-11H2,1H3,(H,24,27)(H,25,29)/t12-/m1/s1. The van der Waals surface area contributed by atoms with Gasteiger partial charge in [-0.3, -0.25) is 29.6 Å². The third-order valence-corrected chi connectivity index (χ3v) is 5.33. The summed E-state index contributed by atoms with van der Waals surface area (Å²) >= 11 is 11.7. The number of methoxy groups -OCH3 is 1. The van der Waals surface area contributed by atoms with E-state index >= 15 is 0 Å². The molecule has 0 aromatic heterocycles. The Hall–Kier alpha value is -3.30. The molecule has 1 saturated heterocycles. The number of carbonyl (C=O) groups is 4. The minimum Gasteiger partial charge on any atom is -0.496 e. The number of rotatable bonds is 7. The predicted molar refractivity (Wildman–Crippen MR) is 116 cm³/mol. The lowest BCUT2D eigenvalue weighted by Crippen LogP contribution is -2.43. The van der Waals surface area contributed by atoms with Crippen LogP contribution in [0, 0.1) is 5.92 Å². The molecular formula is C21H19Cl2N3O6. The Morgan fingerprint density at radius 2 is 1.88 bits per heavy atom. The van der Waals surface area contributed by atoms with E-state index in [1.54, 1.807) is 30.3 Å². The number of anilines is 1. The smallest absolute Gasteiger partial charge is 0.311 e. The molecule has 1 fully saturated rings. The first-order valence-electron chi connectivity index (χ1n) is 9.44. The minimum absolute atomic E-state index is 0.0764. The molecule has 0 radical (unpaired) electrons. The molecule has 1 aliphatic rings. The lowest BCUT2D eigenvalue weighted by Gasteiger charge is -2.18. The van der Waals surface area contributed by atoms with Crippen LogP contribution in [0.3, 0.4) is 0 Å². The second kappa shape index (κ2) is 10.3. The summed E-state index contributed by atoms with van der Waals surface area (Å²) in [6, 6.07) is 11.1. The van der Waals surface area contributed by atoms with Crippen LogP contribution >= 0.6 is 23.2 Å². The van der Waals surface area contributed by atoms with Crippen LogP contribution in [0.1, 0.15) is 16.8 Å². The molecule has 0 saturated carbocycles. The van der Waals surface area contributed by atoms with Crippen molar-refractivity contribution < 1.29 is 28.7 Å². The summed E-state index contributed by atoms with van der Waals surface area (Å²) in [7, 11) is 1.43. The maximum Gasteiger partial charge on any atom is 0.311 e. The summed E-state index contributed by atoms with van der Waals surface area (Å²) in [5, 5.41) is 4.18. The van der Waals surface area contributed by atoms with Gasteiger partial charge in [0.25, 0.3) is 11.8 Å². The summed E-state index contributed by atoms with van der Waals surface area (Å²) in [5.74, 6) is -2.78. The Morgan fingerprint density at radius 3 is 2.59 bits per heavy atom. The van der Waals surface area contributed by atoms with Crippen LogP contribution in [-0.4, -0.2) is 49.0 Å². The Morgan fingerprint density at radius 1 is 1.12 bits per heavy atom. The van der Waals surface area contributed by atoms with Crippen molar-refractivity contribution in [2.45, 2.75) is 6.42 Å². The van der Waals surface area contributed by atoms with Gasteiger partial charge in [-0.25, -0.2) is 0 Å². The Labute approximate surface area is 193 Å². The third-order valence-electron chi connectivity index (χ3n) is 4.60. The fraction of sp³-hybridized carbons (Fsp3) is 0.238. The van der Waals surface area contributed by atoms with Crippen LogP contribution < -0.4 is 15.5 Å². The van der Waals surface area contributed by atoms with E-state index in [9.17, 15) is 19.2 Å². The zero-order chi connectivity index (χ0) is 23.3. The van der Waals surface area contributed by atoms with E-state index in [1.807, 2.05) is 0 Å². The van der Waals surface area contributed by atoms with Crippen molar-refractivity contribution in [2.24, 2.45) is 5.92 Å². The molecule has 1 atom stereocenters. The van der Waals surface area contributed by atoms with E-state index in [0.29, 0.717) is 16.5 Å². The number of carbonyl (C=O) groups excluding carboxylic acids is 4. The summed E-state index contributed by atoms with van der Waals surface area (Å²) in [6.07, 6.45) is -0.153. The fourth-order valence-corrected chi connectivity index (χ4v) is 3.31. The monoisotopic (exact) mass is 479 g/mol. The zero-order valence-electron chi connectivity index (χ0n) is 16.9. The van der Waals surface area contributed by atoms with Crippen molar-refractivity contribution in [2.75, 3.05) is 25.6 Å². The molecule has 32 heavy (non-hydrogen) atoms. The molecule has 0 aliphatic carbocycles. The Balaban J connectivity index is 1.50. The average Bonchev–Trinajstić information content (AvgIpc) is 3.14. The highest BCUT2D eigenvalue weighted by molar-refractivity contribution is 6.42. The number of ether oxygens (including phenoxy) is 2. The van der Waals surface area contributed by atoms with E-state index in [1.165, 1.54) is 19.2 Å². The average molecular weight is 480 g/mol. The number of hydrogen-bond acceptors (Lipinski definition) is 6. The van der Waals surface area contributed by atoms with Crippen molar-refractivity contribution in [3.05, 3.63) is 58.1 Å². The van der Waals surface area contributed by atoms with Crippen LogP contribution in [0.25, 0.3) is 0 Å². The first kappa shape index (κ1) is 23.4. The maximum atomic E-state index is 12.5. The molecule has 0 bridgehead atoms. The zero-order valence-corrected chi connectivity index (χ0v) is 18.4. The molecule has 2 aromatic carbocycles. The quantitative estimate of drug-likeness (QED) is 0.590. The number of para-hydroxylation sites is 1. The number of hydrogen-bond donors (Lipinski definition) is 2. The van der Waals surface area contributed by atoms with Crippen molar-refractivity contribution in [1.29, 1.82) is 0 Å². The highest BCUT2D eigenvalue weighted by Crippen LogP contribution is 2.25. The van der Waals surface area contributed by atoms with Gasteiger partial charge in [-0.05, 0) is 30.3 Å². The molecule has 1 aliphatic heterocycles. The SMILES string of the molecule is COc1ccccc1C(=O)NN1C[C@H](C(=O)OCC(=O)Nc2ccc(Cl)c(Cl)c2)CC1=O. The molecule has 1 heterocycles. The molecule has 2 N–H and O–H groups in total. The fourth-order valence-electron chi connectivity index (χ4n) is 3.01. The molecular weight excluding hydrogens is 461 g/mol. The number of amides is 3. The predicted octanol–water partition coefficient (Wildman–Crippen LogP) is 2.68. The maximum absolute atomic E-state index is 12.5. The Bertz CT molecular complexity index is 1060. The largest absolute Gasteiger partial charge is 0.496 e. The van der Waals surface area contributed by atoms with E-state index < -0.39 is 36.2 Å². The van der Waals surface area contributed by atoms with Gasteiger partial charge in [0.15, 0.2) is 6.61 Å². The summed E-state index contributed by atoms with van der Waals surface area (Å²) in [4.78, 5) is 49.0. The van der Waals surface area contributed by atoms with Gasteiger partial charge in [0.05, 0.1) is 35.2 Å². The highest BCUT2D eigenvalue weighted by Gasteiger charge is 2.37. The molecule has 9 nitrogen and oxygen atoms in total. The first-order valence-corrected chi connectivity index (χ1v) is 10.2. The Kier molecular flexibility index (Phi) is 7.55. The topological polar surface area (TPSA) is 114 Å². The summed E-state index contributed by atoms with van der Waals surface area (Å²) in [5.41, 5.74) is 3.10. The second-order valence-electron chi connectivity index (χ2n) is 6.83. The number of nitrogens with one attached hydrogen (secondary N) is 2. The van der Waals surface area contributed by atoms with E-state index in [0.717, 1.165) is 5.01 Å². The van der Waals surface area contributed by atoms with Gasteiger partial charge in [-0.15, -0.1) is 0 Å². The van der Waals surface area contributed by atoms with E-state index in [4.69, 9.17) is 32.7 Å². The molecule has 0 spiro atoms. The van der Waals surface area contributed by atoms with Crippen LogP contribution in [-0.2, 0) is 19.1 Å². The molecule has 3 rings (SSSR count). The van der Waals surface area contributed by atoms with Crippen molar-refractivity contribution in [3.8, 4) is 5.75 Å². The van der Waals surface area contributed by atoms with Gasteiger partial charge in [0, 0.05) is 12.1 Å². The molecule has 3 amide bonds. The lowest BCUT2D eigenvalue weighted by molar-refractivity contribution is -0.151. The van der Waals surface area contributed by atoms with Crippen molar-refractivity contribution >= 4 is 52.6 Å². The first-order chi connectivity index (χ1) is 15.3. The molecule has 11 heteroatoms. The second-order valence-corrected chi connectivity index (χ2v) is 7.65. The number of benzene rings is 2. The van der Waals surface area contributed by atoms with Gasteiger partial charge in [0.1, 0.15) is 5.75 Å². The minimum atomic E-state index is -0.821. The van der Waals surface area contributed by atoms with Gasteiger partial charge in [0.2, 0.25) is 5.91 Å². The van der Waals surface area contributed by atoms with Crippen LogP contribution in [0.4, 0.5) is 5.69 Å². The molecule has 0 unspecified atom stereocenters. The molecule has 2 aromatic rings.